The molecule has 2 heteroatoms. The van der Waals surface area contributed by atoms with Gasteiger partial charge < -0.3 is 9.32 Å². The number of furan rings is 1. The third kappa shape index (κ3) is 4.88. The first kappa shape index (κ1) is 31.6. The first-order chi connectivity index (χ1) is 27.0. The Hall–Kier alpha value is -6.90. The molecule has 11 rings (SSSR count). The highest BCUT2D eigenvalue weighted by atomic mass is 16.3. The molecule has 0 aliphatic heterocycles. The van der Waals surface area contributed by atoms with Crippen LogP contribution in [0.3, 0.4) is 0 Å². The molecule has 1 aliphatic carbocycles. The average Bonchev–Trinajstić information content (AvgIpc) is 3.73. The number of fused-ring (bicyclic) bond motifs is 11. The summed E-state index contributed by atoms with van der Waals surface area (Å²) in [5.41, 5.74) is 14.8. The van der Waals surface area contributed by atoms with Crippen LogP contribution in [0, 0.1) is 0 Å². The monoisotopic (exact) mass is 703 g/mol. The van der Waals surface area contributed by atoms with Gasteiger partial charge in [0.05, 0.1) is 0 Å². The molecule has 0 radical (unpaired) electrons. The van der Waals surface area contributed by atoms with Crippen LogP contribution in [0.4, 0.5) is 17.1 Å². The van der Waals surface area contributed by atoms with E-state index in [2.05, 4.69) is 207 Å². The van der Waals surface area contributed by atoms with Crippen molar-refractivity contribution in [1.82, 2.24) is 0 Å². The van der Waals surface area contributed by atoms with E-state index in [0.717, 1.165) is 33.6 Å². The average molecular weight is 704 g/mol. The summed E-state index contributed by atoms with van der Waals surface area (Å²) in [6.07, 6.45) is 0. The van der Waals surface area contributed by atoms with Gasteiger partial charge in [0.2, 0.25) is 0 Å². The predicted octanol–water partition coefficient (Wildman–Crippen LogP) is 15.0. The highest BCUT2D eigenvalue weighted by Crippen LogP contribution is 2.57. The smallest absolute Gasteiger partial charge is 0.144 e. The Kier molecular flexibility index (Phi) is 6.93. The summed E-state index contributed by atoms with van der Waals surface area (Å²) in [6.45, 7) is 4.74. The van der Waals surface area contributed by atoms with Crippen molar-refractivity contribution in [1.29, 1.82) is 0 Å². The first-order valence-corrected chi connectivity index (χ1v) is 19.1. The zero-order valence-corrected chi connectivity index (χ0v) is 30.8. The van der Waals surface area contributed by atoms with Gasteiger partial charge in [0, 0.05) is 44.9 Å². The minimum atomic E-state index is -0.208. The Labute approximate surface area is 320 Å². The second-order valence-corrected chi connectivity index (χ2v) is 15.3. The molecular formula is C53H37NO. The van der Waals surface area contributed by atoms with E-state index in [1.807, 2.05) is 0 Å². The lowest BCUT2D eigenvalue weighted by atomic mass is 9.79. The van der Waals surface area contributed by atoms with E-state index in [-0.39, 0.29) is 5.41 Å². The molecule has 0 N–H and O–H groups in total. The summed E-state index contributed by atoms with van der Waals surface area (Å²) in [6, 6.07) is 68.0. The fraction of sp³-hybridized carbons (Fsp3) is 0.0566. The summed E-state index contributed by atoms with van der Waals surface area (Å²) in [4.78, 5) is 2.32. The highest BCUT2D eigenvalue weighted by molar-refractivity contribution is 6.25. The molecule has 0 spiro atoms. The molecule has 0 saturated carbocycles. The number of para-hydroxylation sites is 1. The SMILES string of the molecule is CC1(C)c2ccc(-c3ccc4ccccc4c3)cc2-c2c1c1ccccc1c1c2oc2cc(N(c3ccccc3)c3ccc(-c4ccccc4)cc3)ccc21. The number of hydrogen-bond acceptors (Lipinski definition) is 2. The quantitative estimate of drug-likeness (QED) is 0.177. The number of hydrogen-bond donors (Lipinski definition) is 0. The van der Waals surface area contributed by atoms with Crippen LogP contribution in [0.25, 0.3) is 76.9 Å². The molecule has 1 heterocycles. The summed E-state index contributed by atoms with van der Waals surface area (Å²) < 4.78 is 7.17. The number of nitrogens with zero attached hydrogens (tertiary/aromatic N) is 1. The molecule has 9 aromatic carbocycles. The third-order valence-corrected chi connectivity index (χ3v) is 11.8. The molecule has 0 fully saturated rings. The molecule has 0 saturated heterocycles. The van der Waals surface area contributed by atoms with E-state index in [1.165, 1.54) is 71.4 Å². The van der Waals surface area contributed by atoms with E-state index in [9.17, 15) is 0 Å². The number of benzene rings is 9. The maximum atomic E-state index is 7.17. The Morgan fingerprint density at radius 1 is 0.436 bits per heavy atom. The molecule has 0 atom stereocenters. The number of rotatable bonds is 5. The van der Waals surface area contributed by atoms with Gasteiger partial charge in [-0.1, -0.05) is 147 Å². The van der Waals surface area contributed by atoms with Gasteiger partial charge >= 0.3 is 0 Å². The van der Waals surface area contributed by atoms with E-state index in [4.69, 9.17) is 4.42 Å². The molecule has 0 bridgehead atoms. The minimum Gasteiger partial charge on any atom is -0.455 e. The third-order valence-electron chi connectivity index (χ3n) is 11.8. The standard InChI is InChI=1S/C53H37NO/c1-53(2)47-30-25-39(38-22-21-35-15-9-10-16-37(35)31-38)32-46(47)50-51(53)44-20-12-11-19-43(44)49-45-29-28-42(33-48(45)55-52(49)50)54(40-17-7-4-8-18-40)41-26-23-36(24-27-41)34-13-5-3-6-14-34/h3-33H,1-2H3. The topological polar surface area (TPSA) is 16.4 Å². The van der Waals surface area contributed by atoms with E-state index >= 15 is 0 Å². The molecule has 10 aromatic rings. The van der Waals surface area contributed by atoms with Crippen molar-refractivity contribution >= 4 is 60.5 Å². The lowest BCUT2D eigenvalue weighted by Crippen LogP contribution is -2.15. The van der Waals surface area contributed by atoms with Gasteiger partial charge in [-0.2, -0.15) is 0 Å². The zero-order chi connectivity index (χ0) is 36.7. The second-order valence-electron chi connectivity index (χ2n) is 15.3. The van der Waals surface area contributed by atoms with Gasteiger partial charge in [0.1, 0.15) is 11.2 Å². The molecule has 0 unspecified atom stereocenters. The Morgan fingerprint density at radius 3 is 1.84 bits per heavy atom. The molecule has 2 nitrogen and oxygen atoms in total. The van der Waals surface area contributed by atoms with Crippen molar-refractivity contribution in [2.24, 2.45) is 0 Å². The van der Waals surface area contributed by atoms with Crippen molar-refractivity contribution in [2.45, 2.75) is 19.3 Å². The van der Waals surface area contributed by atoms with E-state index in [1.54, 1.807) is 0 Å². The maximum absolute atomic E-state index is 7.17. The van der Waals surface area contributed by atoms with Crippen LogP contribution >= 0.6 is 0 Å². The molecule has 0 amide bonds. The number of anilines is 3. The Balaban J connectivity index is 1.12. The van der Waals surface area contributed by atoms with E-state index < -0.39 is 0 Å². The van der Waals surface area contributed by atoms with Gasteiger partial charge in [0.15, 0.2) is 0 Å². The molecule has 1 aromatic heterocycles. The van der Waals surface area contributed by atoms with Crippen molar-refractivity contribution < 1.29 is 4.42 Å². The lowest BCUT2D eigenvalue weighted by Gasteiger charge is -2.25. The van der Waals surface area contributed by atoms with Gasteiger partial charge in [0.25, 0.3) is 0 Å². The molecule has 260 valence electrons. The maximum Gasteiger partial charge on any atom is 0.144 e. The van der Waals surface area contributed by atoms with Crippen molar-refractivity contribution in [3.8, 4) is 33.4 Å². The van der Waals surface area contributed by atoms with Crippen LogP contribution in [0.5, 0.6) is 0 Å². The van der Waals surface area contributed by atoms with Crippen molar-refractivity contribution in [3.63, 3.8) is 0 Å². The largest absolute Gasteiger partial charge is 0.455 e. The summed E-state index contributed by atoms with van der Waals surface area (Å²) in [5.74, 6) is 0. The normalized spacial score (nSPS) is 13.1. The molecular weight excluding hydrogens is 667 g/mol. The Bertz CT molecular complexity index is 3100. The van der Waals surface area contributed by atoms with Crippen LogP contribution in [0.2, 0.25) is 0 Å². The van der Waals surface area contributed by atoms with Crippen LogP contribution in [-0.4, -0.2) is 0 Å². The molecule has 1 aliphatic rings. The van der Waals surface area contributed by atoms with Crippen molar-refractivity contribution in [2.75, 3.05) is 4.90 Å². The highest BCUT2D eigenvalue weighted by Gasteiger charge is 2.40. The summed E-state index contributed by atoms with van der Waals surface area (Å²) >= 11 is 0. The van der Waals surface area contributed by atoms with Gasteiger partial charge in [-0.05, 0) is 109 Å². The fourth-order valence-electron chi connectivity index (χ4n) is 9.18. The van der Waals surface area contributed by atoms with Crippen LogP contribution in [0.15, 0.2) is 192 Å². The Morgan fingerprint density at radius 2 is 1.04 bits per heavy atom. The predicted molar refractivity (Wildman–Crippen MR) is 232 cm³/mol. The summed E-state index contributed by atoms with van der Waals surface area (Å²) in [5, 5.41) is 7.32. The van der Waals surface area contributed by atoms with Crippen LogP contribution in [-0.2, 0) is 5.41 Å². The van der Waals surface area contributed by atoms with E-state index in [0.29, 0.717) is 0 Å². The van der Waals surface area contributed by atoms with Crippen LogP contribution in [0.1, 0.15) is 25.0 Å². The van der Waals surface area contributed by atoms with Gasteiger partial charge in [-0.15, -0.1) is 0 Å². The summed E-state index contributed by atoms with van der Waals surface area (Å²) in [7, 11) is 0. The second kappa shape index (κ2) is 12.1. The van der Waals surface area contributed by atoms with Crippen molar-refractivity contribution in [3.05, 3.63) is 199 Å². The zero-order valence-electron chi connectivity index (χ0n) is 30.8. The van der Waals surface area contributed by atoms with Gasteiger partial charge in [-0.25, -0.2) is 0 Å². The molecule has 55 heavy (non-hydrogen) atoms. The fourth-order valence-corrected chi connectivity index (χ4v) is 9.18. The minimum absolute atomic E-state index is 0.208. The van der Waals surface area contributed by atoms with Crippen LogP contribution < -0.4 is 4.90 Å². The first-order valence-electron chi connectivity index (χ1n) is 19.1. The van der Waals surface area contributed by atoms with Gasteiger partial charge in [-0.3, -0.25) is 0 Å². The lowest BCUT2D eigenvalue weighted by molar-refractivity contribution is 0.658.